The standard InChI is InChI=1S/C17H31N5O/c1-11(2)14-13(8-7-9-23-14)10-18-16-19-15(12(3)4)20-17(21-16)22(5)6/h11-14H,7-10H2,1-6H3,(H,18,19,20,21). The molecule has 0 radical (unpaired) electrons. The zero-order valence-electron chi connectivity index (χ0n) is 15.3. The van der Waals surface area contributed by atoms with Crippen molar-refractivity contribution in [3.63, 3.8) is 0 Å². The van der Waals surface area contributed by atoms with E-state index < -0.39 is 0 Å². The van der Waals surface area contributed by atoms with Gasteiger partial charge in [-0.2, -0.15) is 15.0 Å². The summed E-state index contributed by atoms with van der Waals surface area (Å²) in [6.07, 6.45) is 2.64. The number of nitrogens with zero attached hydrogens (tertiary/aromatic N) is 4. The highest BCUT2D eigenvalue weighted by Crippen LogP contribution is 2.26. The summed E-state index contributed by atoms with van der Waals surface area (Å²) in [5.41, 5.74) is 0. The average molecular weight is 321 g/mol. The van der Waals surface area contributed by atoms with Crippen LogP contribution in [0.5, 0.6) is 0 Å². The molecule has 0 bridgehead atoms. The minimum atomic E-state index is 0.277. The topological polar surface area (TPSA) is 63.2 Å². The van der Waals surface area contributed by atoms with Crippen LogP contribution in [0, 0.1) is 11.8 Å². The summed E-state index contributed by atoms with van der Waals surface area (Å²) in [5.74, 6) is 3.51. The largest absolute Gasteiger partial charge is 0.378 e. The Kier molecular flexibility index (Phi) is 6.16. The molecule has 2 atom stereocenters. The molecule has 6 heteroatoms. The Balaban J connectivity index is 2.09. The number of rotatable bonds is 6. The molecule has 0 aliphatic carbocycles. The predicted octanol–water partition coefficient (Wildman–Crippen LogP) is 2.92. The van der Waals surface area contributed by atoms with E-state index >= 15 is 0 Å². The quantitative estimate of drug-likeness (QED) is 0.869. The summed E-state index contributed by atoms with van der Waals surface area (Å²) in [6, 6.07) is 0. The SMILES string of the molecule is CC(C)c1nc(NCC2CCCOC2C(C)C)nc(N(C)C)n1. The molecule has 0 saturated carbocycles. The normalized spacial score (nSPS) is 21.7. The van der Waals surface area contributed by atoms with Gasteiger partial charge in [-0.15, -0.1) is 0 Å². The Morgan fingerprint density at radius 2 is 1.91 bits per heavy atom. The molecular weight excluding hydrogens is 290 g/mol. The number of aromatic nitrogens is 3. The Hall–Kier alpha value is -1.43. The molecule has 1 aliphatic rings. The van der Waals surface area contributed by atoms with E-state index in [-0.39, 0.29) is 5.92 Å². The van der Waals surface area contributed by atoms with Gasteiger partial charge >= 0.3 is 0 Å². The number of hydrogen-bond acceptors (Lipinski definition) is 6. The number of ether oxygens (including phenoxy) is 1. The second-order valence-electron chi connectivity index (χ2n) is 7.23. The summed E-state index contributed by atoms with van der Waals surface area (Å²) < 4.78 is 5.96. The van der Waals surface area contributed by atoms with Crippen LogP contribution in [0.3, 0.4) is 0 Å². The lowest BCUT2D eigenvalue weighted by atomic mass is 9.87. The van der Waals surface area contributed by atoms with Gasteiger partial charge in [0.25, 0.3) is 0 Å². The molecule has 1 fully saturated rings. The molecule has 2 heterocycles. The van der Waals surface area contributed by atoms with Crippen molar-refractivity contribution in [2.45, 2.75) is 52.6 Å². The first-order chi connectivity index (χ1) is 10.9. The van der Waals surface area contributed by atoms with Crippen molar-refractivity contribution in [2.24, 2.45) is 11.8 Å². The fourth-order valence-electron chi connectivity index (χ4n) is 2.96. The summed E-state index contributed by atoms with van der Waals surface area (Å²) in [6.45, 7) is 10.4. The summed E-state index contributed by atoms with van der Waals surface area (Å²) in [4.78, 5) is 15.5. The zero-order chi connectivity index (χ0) is 17.0. The van der Waals surface area contributed by atoms with Gasteiger partial charge in [0.05, 0.1) is 6.10 Å². The van der Waals surface area contributed by atoms with Gasteiger partial charge < -0.3 is 15.0 Å². The van der Waals surface area contributed by atoms with Crippen molar-refractivity contribution in [3.8, 4) is 0 Å². The molecule has 1 aromatic rings. The van der Waals surface area contributed by atoms with E-state index in [1.54, 1.807) is 0 Å². The molecule has 0 amide bonds. The van der Waals surface area contributed by atoms with E-state index in [4.69, 9.17) is 4.74 Å². The minimum absolute atomic E-state index is 0.277. The van der Waals surface area contributed by atoms with Gasteiger partial charge in [-0.3, -0.25) is 0 Å². The van der Waals surface area contributed by atoms with Crippen LogP contribution in [-0.4, -0.2) is 48.3 Å². The lowest BCUT2D eigenvalue weighted by Gasteiger charge is -2.34. The molecule has 1 aliphatic heterocycles. The fraction of sp³-hybridized carbons (Fsp3) is 0.824. The third-order valence-electron chi connectivity index (χ3n) is 4.23. The summed E-state index contributed by atoms with van der Waals surface area (Å²) in [5, 5.41) is 3.42. The third-order valence-corrected chi connectivity index (χ3v) is 4.23. The monoisotopic (exact) mass is 321 g/mol. The number of anilines is 2. The zero-order valence-corrected chi connectivity index (χ0v) is 15.3. The first-order valence-electron chi connectivity index (χ1n) is 8.67. The fourth-order valence-corrected chi connectivity index (χ4v) is 2.96. The molecule has 23 heavy (non-hydrogen) atoms. The van der Waals surface area contributed by atoms with Crippen LogP contribution >= 0.6 is 0 Å². The lowest BCUT2D eigenvalue weighted by Crippen LogP contribution is -2.38. The smallest absolute Gasteiger partial charge is 0.229 e. The number of hydrogen-bond donors (Lipinski definition) is 1. The Labute approximate surface area is 140 Å². The highest BCUT2D eigenvalue weighted by molar-refractivity contribution is 5.36. The Morgan fingerprint density at radius 3 is 2.52 bits per heavy atom. The summed E-state index contributed by atoms with van der Waals surface area (Å²) in [7, 11) is 3.90. The molecule has 6 nitrogen and oxygen atoms in total. The van der Waals surface area contributed by atoms with Gasteiger partial charge in [-0.1, -0.05) is 27.7 Å². The van der Waals surface area contributed by atoms with Crippen molar-refractivity contribution in [1.82, 2.24) is 15.0 Å². The van der Waals surface area contributed by atoms with Crippen LogP contribution in [0.25, 0.3) is 0 Å². The van der Waals surface area contributed by atoms with Gasteiger partial charge in [-0.05, 0) is 18.8 Å². The van der Waals surface area contributed by atoms with Gasteiger partial charge in [0.1, 0.15) is 5.82 Å². The first-order valence-corrected chi connectivity index (χ1v) is 8.67. The molecule has 130 valence electrons. The Bertz CT molecular complexity index is 478. The highest BCUT2D eigenvalue weighted by atomic mass is 16.5. The molecule has 0 aromatic carbocycles. The maximum atomic E-state index is 5.96. The van der Waals surface area contributed by atoms with Gasteiger partial charge in [0, 0.05) is 39.1 Å². The first kappa shape index (κ1) is 17.9. The molecule has 2 unspecified atom stereocenters. The van der Waals surface area contributed by atoms with E-state index in [1.807, 2.05) is 19.0 Å². The van der Waals surface area contributed by atoms with Crippen LogP contribution in [0.1, 0.15) is 52.3 Å². The van der Waals surface area contributed by atoms with E-state index in [0.29, 0.717) is 29.8 Å². The van der Waals surface area contributed by atoms with Crippen molar-refractivity contribution in [2.75, 3.05) is 37.5 Å². The van der Waals surface area contributed by atoms with E-state index in [2.05, 4.69) is 48.0 Å². The van der Waals surface area contributed by atoms with Crippen LogP contribution < -0.4 is 10.2 Å². The van der Waals surface area contributed by atoms with Gasteiger partial charge in [0.15, 0.2) is 0 Å². The second-order valence-corrected chi connectivity index (χ2v) is 7.23. The van der Waals surface area contributed by atoms with E-state index in [0.717, 1.165) is 25.4 Å². The summed E-state index contributed by atoms with van der Waals surface area (Å²) >= 11 is 0. The van der Waals surface area contributed by atoms with Gasteiger partial charge in [-0.25, -0.2) is 0 Å². The van der Waals surface area contributed by atoms with E-state index in [9.17, 15) is 0 Å². The Morgan fingerprint density at radius 1 is 1.17 bits per heavy atom. The van der Waals surface area contributed by atoms with Crippen molar-refractivity contribution in [3.05, 3.63) is 5.82 Å². The third kappa shape index (κ3) is 4.77. The van der Waals surface area contributed by atoms with Crippen molar-refractivity contribution in [1.29, 1.82) is 0 Å². The van der Waals surface area contributed by atoms with Crippen LogP contribution in [0.15, 0.2) is 0 Å². The van der Waals surface area contributed by atoms with Gasteiger partial charge in [0.2, 0.25) is 11.9 Å². The molecule has 1 aromatic heterocycles. The minimum Gasteiger partial charge on any atom is -0.378 e. The molecule has 2 rings (SSSR count). The van der Waals surface area contributed by atoms with Crippen LogP contribution in [0.4, 0.5) is 11.9 Å². The molecule has 1 N–H and O–H groups in total. The van der Waals surface area contributed by atoms with Crippen molar-refractivity contribution >= 4 is 11.9 Å². The maximum Gasteiger partial charge on any atom is 0.229 e. The average Bonchev–Trinajstić information content (AvgIpc) is 2.52. The van der Waals surface area contributed by atoms with E-state index in [1.165, 1.54) is 6.42 Å². The predicted molar refractivity (Wildman–Crippen MR) is 94.0 cm³/mol. The highest BCUT2D eigenvalue weighted by Gasteiger charge is 2.28. The second kappa shape index (κ2) is 7.90. The molecule has 0 spiro atoms. The van der Waals surface area contributed by atoms with Crippen LogP contribution in [-0.2, 0) is 4.74 Å². The molecule has 1 saturated heterocycles. The van der Waals surface area contributed by atoms with Crippen LogP contribution in [0.2, 0.25) is 0 Å². The molecular formula is C17H31N5O. The van der Waals surface area contributed by atoms with Crippen molar-refractivity contribution < 1.29 is 4.74 Å². The number of nitrogens with one attached hydrogen (secondary N) is 1. The maximum absolute atomic E-state index is 5.96. The lowest BCUT2D eigenvalue weighted by molar-refractivity contribution is -0.0481.